The van der Waals surface area contributed by atoms with Gasteiger partial charge >= 0.3 is 0 Å². The second kappa shape index (κ2) is 5.30. The van der Waals surface area contributed by atoms with Crippen molar-refractivity contribution in [3.05, 3.63) is 41.5 Å². The average Bonchev–Trinajstić information content (AvgIpc) is 2.33. The van der Waals surface area contributed by atoms with E-state index in [1.807, 2.05) is 0 Å². The van der Waals surface area contributed by atoms with Gasteiger partial charge in [0.1, 0.15) is 4.90 Å². The lowest BCUT2D eigenvalue weighted by molar-refractivity contribution is 0.388. The van der Waals surface area contributed by atoms with Crippen LogP contribution in [-0.2, 0) is 16.4 Å². The van der Waals surface area contributed by atoms with E-state index < -0.39 is 50.2 Å². The van der Waals surface area contributed by atoms with E-state index in [2.05, 4.69) is 6.58 Å². The first kappa shape index (κ1) is 15.6. The van der Waals surface area contributed by atoms with Crippen LogP contribution in [0.15, 0.2) is 17.6 Å². The first-order valence-electron chi connectivity index (χ1n) is 5.04. The fourth-order valence-corrected chi connectivity index (χ4v) is 2.60. The minimum absolute atomic E-state index is 0.456. The summed E-state index contributed by atoms with van der Waals surface area (Å²) < 4.78 is 77.8. The topological polar surface area (TPSA) is 37.4 Å². The van der Waals surface area contributed by atoms with Gasteiger partial charge in [-0.2, -0.15) is 0 Å². The SMILES string of the molecule is C=CCc1c(F)c(F)c(F)c(F)c1S(=O)(=O)N(C)C. The highest BCUT2D eigenvalue weighted by atomic mass is 32.2. The highest BCUT2D eigenvalue weighted by molar-refractivity contribution is 7.89. The zero-order chi connectivity index (χ0) is 15.0. The van der Waals surface area contributed by atoms with Crippen LogP contribution in [-0.4, -0.2) is 26.8 Å². The minimum Gasteiger partial charge on any atom is -0.207 e. The van der Waals surface area contributed by atoms with Gasteiger partial charge in [-0.1, -0.05) is 6.08 Å². The van der Waals surface area contributed by atoms with Crippen molar-refractivity contribution in [1.82, 2.24) is 4.31 Å². The number of nitrogens with zero attached hydrogens (tertiary/aromatic N) is 1. The van der Waals surface area contributed by atoms with Gasteiger partial charge < -0.3 is 0 Å². The molecule has 0 unspecified atom stereocenters. The number of sulfonamides is 1. The number of hydrogen-bond acceptors (Lipinski definition) is 2. The maximum absolute atomic E-state index is 13.7. The Morgan fingerprint density at radius 2 is 1.53 bits per heavy atom. The summed E-state index contributed by atoms with van der Waals surface area (Å²) in [6.45, 7) is 3.23. The molecule has 106 valence electrons. The molecule has 0 saturated carbocycles. The van der Waals surface area contributed by atoms with Gasteiger partial charge in [-0.25, -0.2) is 30.3 Å². The Labute approximate surface area is 108 Å². The molecule has 0 heterocycles. The predicted molar refractivity (Wildman–Crippen MR) is 61.0 cm³/mol. The summed E-state index contributed by atoms with van der Waals surface area (Å²) in [7, 11) is -2.34. The quantitative estimate of drug-likeness (QED) is 0.370. The second-order valence-electron chi connectivity index (χ2n) is 3.84. The van der Waals surface area contributed by atoms with Crippen LogP contribution >= 0.6 is 0 Å². The molecule has 19 heavy (non-hydrogen) atoms. The molecule has 0 aliphatic rings. The number of allylic oxidation sites excluding steroid dienone is 1. The molecule has 1 rings (SSSR count). The van der Waals surface area contributed by atoms with Crippen LogP contribution in [0.25, 0.3) is 0 Å². The molecule has 0 N–H and O–H groups in total. The third-order valence-corrected chi connectivity index (χ3v) is 4.31. The minimum atomic E-state index is -4.46. The van der Waals surface area contributed by atoms with Gasteiger partial charge in [0.05, 0.1) is 0 Å². The molecular formula is C11H11F4NO2S. The van der Waals surface area contributed by atoms with Gasteiger partial charge in [0, 0.05) is 19.7 Å². The zero-order valence-corrected chi connectivity index (χ0v) is 11.0. The standard InChI is InChI=1S/C11H11F4NO2S/c1-4-5-6-7(12)8(13)9(14)10(15)11(6)19(17,18)16(2)3/h4H,1,5H2,2-3H3. The molecule has 0 saturated heterocycles. The smallest absolute Gasteiger partial charge is 0.207 e. The molecule has 0 atom stereocenters. The second-order valence-corrected chi connectivity index (χ2v) is 5.93. The van der Waals surface area contributed by atoms with E-state index in [4.69, 9.17) is 0 Å². The molecule has 3 nitrogen and oxygen atoms in total. The van der Waals surface area contributed by atoms with Crippen molar-refractivity contribution >= 4 is 10.0 Å². The fourth-order valence-electron chi connectivity index (χ4n) is 1.44. The molecule has 0 bridgehead atoms. The summed E-state index contributed by atoms with van der Waals surface area (Å²) in [4.78, 5) is -1.21. The lowest BCUT2D eigenvalue weighted by atomic mass is 10.1. The lowest BCUT2D eigenvalue weighted by Crippen LogP contribution is -2.26. The van der Waals surface area contributed by atoms with Crippen molar-refractivity contribution in [1.29, 1.82) is 0 Å². The van der Waals surface area contributed by atoms with Crippen LogP contribution in [0.3, 0.4) is 0 Å². The third-order valence-electron chi connectivity index (χ3n) is 2.40. The van der Waals surface area contributed by atoms with Crippen molar-refractivity contribution in [2.75, 3.05) is 14.1 Å². The fraction of sp³-hybridized carbons (Fsp3) is 0.273. The number of rotatable bonds is 4. The van der Waals surface area contributed by atoms with Gasteiger partial charge in [0.2, 0.25) is 10.0 Å². The average molecular weight is 297 g/mol. The Kier molecular flexibility index (Phi) is 4.36. The predicted octanol–water partition coefficient (Wildman–Crippen LogP) is 2.22. The highest BCUT2D eigenvalue weighted by Gasteiger charge is 2.33. The van der Waals surface area contributed by atoms with Gasteiger partial charge in [-0.05, 0) is 6.42 Å². The lowest BCUT2D eigenvalue weighted by Gasteiger charge is -2.16. The molecular weight excluding hydrogens is 286 g/mol. The van der Waals surface area contributed by atoms with Gasteiger partial charge in [-0.15, -0.1) is 6.58 Å². The molecule has 0 radical (unpaired) electrons. The van der Waals surface area contributed by atoms with Gasteiger partial charge in [0.25, 0.3) is 0 Å². The number of hydrogen-bond donors (Lipinski definition) is 0. The van der Waals surface area contributed by atoms with Crippen molar-refractivity contribution in [2.45, 2.75) is 11.3 Å². The molecule has 0 amide bonds. The normalized spacial score (nSPS) is 11.9. The Morgan fingerprint density at radius 3 is 1.95 bits per heavy atom. The van der Waals surface area contributed by atoms with Crippen molar-refractivity contribution in [3.63, 3.8) is 0 Å². The van der Waals surface area contributed by atoms with E-state index in [1.165, 1.54) is 0 Å². The van der Waals surface area contributed by atoms with Crippen LogP contribution < -0.4 is 0 Å². The summed E-state index contributed by atoms with van der Waals surface area (Å²) in [5.41, 5.74) is -0.792. The molecule has 8 heteroatoms. The zero-order valence-electron chi connectivity index (χ0n) is 10.2. The van der Waals surface area contributed by atoms with E-state index in [1.54, 1.807) is 0 Å². The largest absolute Gasteiger partial charge is 0.245 e. The molecule has 0 fully saturated rings. The molecule has 1 aromatic carbocycles. The van der Waals surface area contributed by atoms with E-state index in [9.17, 15) is 26.0 Å². The van der Waals surface area contributed by atoms with Gasteiger partial charge in [0.15, 0.2) is 23.3 Å². The van der Waals surface area contributed by atoms with E-state index in [0.717, 1.165) is 20.2 Å². The van der Waals surface area contributed by atoms with Crippen LogP contribution in [0, 0.1) is 23.3 Å². The maximum Gasteiger partial charge on any atom is 0.245 e. The molecule has 1 aromatic rings. The monoisotopic (exact) mass is 297 g/mol. The first-order valence-corrected chi connectivity index (χ1v) is 6.48. The van der Waals surface area contributed by atoms with Crippen molar-refractivity contribution in [3.8, 4) is 0 Å². The maximum atomic E-state index is 13.7. The summed E-state index contributed by atoms with van der Waals surface area (Å²) in [5, 5.41) is 0. The van der Waals surface area contributed by atoms with E-state index >= 15 is 0 Å². The third kappa shape index (κ3) is 2.50. The Hall–Kier alpha value is -1.41. The van der Waals surface area contributed by atoms with Crippen molar-refractivity contribution < 1.29 is 26.0 Å². The molecule has 0 aromatic heterocycles. The Bertz CT molecular complexity index is 626. The van der Waals surface area contributed by atoms with Crippen LogP contribution in [0.5, 0.6) is 0 Å². The summed E-state index contributed by atoms with van der Waals surface area (Å²) in [6, 6.07) is 0. The molecule has 0 aliphatic carbocycles. The van der Waals surface area contributed by atoms with Crippen LogP contribution in [0.1, 0.15) is 5.56 Å². The van der Waals surface area contributed by atoms with E-state index in [-0.39, 0.29) is 0 Å². The van der Waals surface area contributed by atoms with Gasteiger partial charge in [-0.3, -0.25) is 0 Å². The van der Waals surface area contributed by atoms with Crippen molar-refractivity contribution in [2.24, 2.45) is 0 Å². The Morgan fingerprint density at radius 1 is 1.05 bits per heavy atom. The first-order chi connectivity index (χ1) is 8.66. The summed E-state index contributed by atoms with van der Waals surface area (Å²) in [6.07, 6.45) is 0.603. The molecule has 0 aliphatic heterocycles. The number of halogens is 4. The van der Waals surface area contributed by atoms with E-state index in [0.29, 0.717) is 4.31 Å². The summed E-state index contributed by atoms with van der Waals surface area (Å²) in [5.74, 6) is -7.89. The summed E-state index contributed by atoms with van der Waals surface area (Å²) >= 11 is 0. The highest BCUT2D eigenvalue weighted by Crippen LogP contribution is 2.29. The van der Waals surface area contributed by atoms with Crippen LogP contribution in [0.4, 0.5) is 17.6 Å². The van der Waals surface area contributed by atoms with Crippen LogP contribution in [0.2, 0.25) is 0 Å². The molecule has 0 spiro atoms. The Balaban J connectivity index is 3.86. The number of benzene rings is 1.